The van der Waals surface area contributed by atoms with Crippen LogP contribution in [0.15, 0.2) is 72.8 Å². The molecule has 9 aliphatic heterocycles. The van der Waals surface area contributed by atoms with E-state index in [1.807, 2.05) is 24.3 Å². The fourth-order valence-electron chi connectivity index (χ4n) is 8.58. The monoisotopic (exact) mass is 1500 g/mol. The zero-order valence-corrected chi connectivity index (χ0v) is 69.8. The molecule has 6 bridgehead atoms. The van der Waals surface area contributed by atoms with Crippen molar-refractivity contribution in [3.05, 3.63) is 107 Å². The van der Waals surface area contributed by atoms with Crippen LogP contribution in [0.2, 0.25) is 56.9 Å². The molecule has 0 amide bonds. The minimum absolute atomic E-state index is 0. The third-order valence-electron chi connectivity index (χ3n) is 13.2. The third-order valence-corrected chi connectivity index (χ3v) is 13.2. The second kappa shape index (κ2) is 56.5. The van der Waals surface area contributed by atoms with Gasteiger partial charge in [0.15, 0.2) is 0 Å². The molecule has 3 aromatic rings. The Bertz CT molecular complexity index is 1610. The van der Waals surface area contributed by atoms with Crippen molar-refractivity contribution in [2.75, 3.05) is 72.0 Å². The summed E-state index contributed by atoms with van der Waals surface area (Å²) in [6, 6.07) is 24.8. The van der Waals surface area contributed by atoms with Gasteiger partial charge in [0, 0.05) is 19.6 Å². The second-order valence-corrected chi connectivity index (χ2v) is 38.6. The Labute approximate surface area is 642 Å². The first-order valence-electron chi connectivity index (χ1n) is 26.8. The van der Waals surface area contributed by atoms with Gasteiger partial charge in [-0.1, -0.05) is 131 Å². The van der Waals surface area contributed by atoms with Crippen molar-refractivity contribution < 1.29 is 189 Å². The first-order chi connectivity index (χ1) is 32.9. The molecule has 9 saturated heterocycles. The molecule has 77 heavy (non-hydrogen) atoms. The van der Waals surface area contributed by atoms with Crippen LogP contribution in [-0.2, 0) is 6.54 Å². The van der Waals surface area contributed by atoms with Crippen LogP contribution in [0.3, 0.4) is 0 Å². The quantitative estimate of drug-likeness (QED) is 0.210. The molecule has 0 unspecified atom stereocenters. The topological polar surface area (TPSA) is 109 Å². The summed E-state index contributed by atoms with van der Waals surface area (Å²) in [5, 5.41) is 0. The molecule has 3 atom stereocenters. The number of aryl methyl sites for hydroxylation is 2. The average Bonchev–Trinajstić information content (AvgIpc) is 3.33. The Morgan fingerprint density at radius 3 is 0.779 bits per heavy atom. The van der Waals surface area contributed by atoms with Crippen molar-refractivity contribution in [3.8, 4) is 17.2 Å². The summed E-state index contributed by atoms with van der Waals surface area (Å²) in [6.45, 7) is 30.8. The van der Waals surface area contributed by atoms with Crippen LogP contribution in [0.4, 0.5) is 0 Å². The molecule has 9 fully saturated rings. The number of rotatable bonds is 8. The smallest absolute Gasteiger partial charge is 0.674 e. The molecule has 12 rings (SSSR count). The number of hydrogen-bond acceptors (Lipinski definition) is 6. The third kappa shape index (κ3) is 43.3. The maximum Gasteiger partial charge on any atom is 1.00 e. The number of nitrogens with zero attached hydrogens (tertiary/aromatic N) is 3. The van der Waals surface area contributed by atoms with Gasteiger partial charge in [-0.25, -0.2) is 0 Å². The zero-order chi connectivity index (χ0) is 51.3. The van der Waals surface area contributed by atoms with Gasteiger partial charge in [-0.3, -0.25) is 14.7 Å². The van der Waals surface area contributed by atoms with Crippen molar-refractivity contribution in [1.82, 2.24) is 14.7 Å². The van der Waals surface area contributed by atoms with Gasteiger partial charge in [0.25, 0.3) is 0 Å². The maximum atomic E-state index is 7.29. The molecule has 9 heterocycles. The average molecular weight is 1500 g/mol. The van der Waals surface area contributed by atoms with Gasteiger partial charge in [0.2, 0.25) is 0 Å². The van der Waals surface area contributed by atoms with Crippen molar-refractivity contribution in [2.45, 2.75) is 185 Å². The summed E-state index contributed by atoms with van der Waals surface area (Å²) in [7, 11) is 0. The Balaban J connectivity index is -0.000000156. The van der Waals surface area contributed by atoms with Crippen LogP contribution in [0.1, 0.15) is 106 Å². The molecule has 428 valence electrons. The molecule has 3 aromatic carbocycles. The normalized spacial score (nSPS) is 22.6. The number of fused-ring (bicyclic) bond motifs is 9. The number of ether oxygens (including phenoxy) is 3. The van der Waals surface area contributed by atoms with E-state index in [1.54, 1.807) is 13.8 Å². The summed E-state index contributed by atoms with van der Waals surface area (Å²) in [4.78, 5) is 21.7. The summed E-state index contributed by atoms with van der Waals surface area (Å²) >= 11 is -1.09. The molecule has 0 aliphatic carbocycles. The second-order valence-electron chi connectivity index (χ2n) is 21.5. The van der Waals surface area contributed by atoms with E-state index in [-0.39, 0.29) is 212 Å². The molecular weight excluding hydrogens is 1380 g/mol. The Morgan fingerprint density at radius 1 is 0.429 bits per heavy atom. The van der Waals surface area contributed by atoms with Crippen LogP contribution < -0.4 is 189 Å². The van der Waals surface area contributed by atoms with E-state index < -0.39 is 39.5 Å². The van der Waals surface area contributed by atoms with Gasteiger partial charge < -0.3 is 31.4 Å². The minimum Gasteiger partial charge on any atom is -0.674 e. The van der Waals surface area contributed by atoms with Crippen molar-refractivity contribution >= 4 is 52.7 Å². The van der Waals surface area contributed by atoms with E-state index in [0.717, 1.165) is 73.4 Å². The molecule has 9 nitrogen and oxygen atoms in total. The van der Waals surface area contributed by atoms with Crippen LogP contribution >= 0.6 is 0 Å². The van der Waals surface area contributed by atoms with Crippen LogP contribution in [0.5, 0.6) is 17.2 Å². The van der Waals surface area contributed by atoms with Crippen LogP contribution in [0.25, 0.3) is 17.2 Å². The summed E-state index contributed by atoms with van der Waals surface area (Å²) in [6.07, 6.45) is 9.06. The molecule has 0 saturated carbocycles. The zero-order valence-electron chi connectivity index (χ0n) is 49.3. The molecule has 16 heteroatoms. The Morgan fingerprint density at radius 2 is 0.623 bits per heavy atom. The van der Waals surface area contributed by atoms with Crippen LogP contribution in [0, 0.1) is 31.6 Å². The van der Waals surface area contributed by atoms with Gasteiger partial charge in [-0.05, 0) is 146 Å². The predicted octanol–water partition coefficient (Wildman–Crippen LogP) is 8.27. The molecule has 0 aromatic heterocycles. The number of benzene rings is 3. The largest absolute Gasteiger partial charge is 1.00 e. The first-order valence-corrected chi connectivity index (χ1v) is 43.9. The standard InChI is InChI=1S/C14H19N2O.2C14H19NO.C4H12B2.2C2H6N.5CH4.6CH3.3Rb.2Sn/c15-9-11-1-3-13(4-2-11)17-14-10-16-7-5-12(14)6-8-16;2*1-11-2-4-13(5-3-11)16-14-10-15-8-6-12(14)7-9-15;1-5(2)6(3)4;2*1-2-3;;;;;;;;;;;;;;;;/h1-4,12,14-15H,5-10H2;2*2-5,12,14H,6-10H2,1H3;1-4H3;2*3H,2H2,1H3;5*1H4;6*1H3;;;;;/q-1;;;;2*-1;;;;;;;;;;;;3*+1;;/t3*14-;;;;;;;;;;;;;;;;;;;/m000.................../s1. The summed E-state index contributed by atoms with van der Waals surface area (Å²) < 4.78 is 18.3. The van der Waals surface area contributed by atoms with Crippen molar-refractivity contribution in [3.63, 3.8) is 0 Å². The molecule has 2 radical (unpaired) electrons. The van der Waals surface area contributed by atoms with Gasteiger partial charge in [0.05, 0.1) is 0 Å². The van der Waals surface area contributed by atoms with Crippen LogP contribution in [-0.4, -0.2) is 158 Å². The Hall–Kier alpha value is 3.96. The fourth-order valence-corrected chi connectivity index (χ4v) is 8.58. The number of piperidine rings is 9. The van der Waals surface area contributed by atoms with Gasteiger partial charge in [-0.2, -0.15) is 13.1 Å². The molecule has 9 aliphatic rings. The first kappa shape index (κ1) is 94.6. The van der Waals surface area contributed by atoms with E-state index >= 15 is 0 Å². The minimum atomic E-state index is -0.543. The number of nitrogens with one attached hydrogen (secondary N) is 3. The van der Waals surface area contributed by atoms with E-state index in [0.29, 0.717) is 37.9 Å². The van der Waals surface area contributed by atoms with E-state index in [4.69, 9.17) is 31.4 Å². The van der Waals surface area contributed by atoms with Gasteiger partial charge >= 0.3 is 244 Å². The van der Waals surface area contributed by atoms with Gasteiger partial charge in [-0.15, -0.1) is 6.54 Å². The Kier molecular flexibility index (Phi) is 69.4. The van der Waals surface area contributed by atoms with Gasteiger partial charge in [0.1, 0.15) is 48.8 Å². The van der Waals surface area contributed by atoms with Crippen molar-refractivity contribution in [1.29, 1.82) is 0 Å². The molecule has 3 N–H and O–H groups in total. The maximum absolute atomic E-state index is 7.29. The van der Waals surface area contributed by atoms with Crippen molar-refractivity contribution in [2.24, 2.45) is 17.8 Å². The SMILES string of the molecule is C.C.C.C.C.CB(C)B(C)C.CC[NH-].CC[NH-].Cc1ccc(O[C@H]2CN3CCC2CC3)cc1.Cc1ccc(O[C@H]2CN3CCC2CC3)cc1.[CH3][Sn]([CH3])[CH3].[CH3][Sn]([CH3])[CH3].[NH-]Cc1ccc(O[C@H]2CN3CCC2CC3)cc1.[Rb+].[Rb+].[Rb+]. The number of hydrogen-bond donors (Lipinski definition) is 0. The van der Waals surface area contributed by atoms with E-state index in [9.17, 15) is 0 Å². The fraction of sp³-hybridized carbons (Fsp3) is 0.705. The predicted molar refractivity (Wildman–Crippen MR) is 343 cm³/mol. The molecular formula is C61H119B2N6O3Rb3Sn2. The summed E-state index contributed by atoms with van der Waals surface area (Å²) in [5.74, 6) is 5.34. The summed E-state index contributed by atoms with van der Waals surface area (Å²) in [5.41, 5.74) is 23.3. The van der Waals surface area contributed by atoms with E-state index in [2.05, 4.69) is 134 Å². The molecule has 0 spiro atoms. The van der Waals surface area contributed by atoms with E-state index in [1.165, 1.54) is 88.9 Å².